The van der Waals surface area contributed by atoms with Crippen LogP contribution in [0.3, 0.4) is 0 Å². The largest absolute Gasteiger partial charge is 0.372 e. The smallest absolute Gasteiger partial charge is 0.293 e. The van der Waals surface area contributed by atoms with Crippen molar-refractivity contribution in [2.24, 2.45) is 0 Å². The van der Waals surface area contributed by atoms with Gasteiger partial charge in [0, 0.05) is 30.9 Å². The fourth-order valence-corrected chi connectivity index (χ4v) is 4.10. The van der Waals surface area contributed by atoms with Crippen molar-refractivity contribution in [3.63, 3.8) is 0 Å². The minimum atomic E-state index is -0.509. The summed E-state index contributed by atoms with van der Waals surface area (Å²) in [4.78, 5) is 34.9. The fourth-order valence-electron chi connectivity index (χ4n) is 4.10. The van der Waals surface area contributed by atoms with Crippen LogP contribution in [-0.4, -0.2) is 46.1 Å². The van der Waals surface area contributed by atoms with Crippen LogP contribution in [0.25, 0.3) is 0 Å². The summed E-state index contributed by atoms with van der Waals surface area (Å²) in [5, 5.41) is 17.6. The van der Waals surface area contributed by atoms with Gasteiger partial charge in [0.2, 0.25) is 0 Å². The molecule has 1 aliphatic rings. The van der Waals surface area contributed by atoms with E-state index in [1.165, 1.54) is 12.1 Å². The van der Waals surface area contributed by atoms with Crippen molar-refractivity contribution < 1.29 is 14.5 Å². The lowest BCUT2D eigenvalue weighted by Gasteiger charge is -2.36. The lowest BCUT2D eigenvalue weighted by Crippen LogP contribution is -2.45. The molecule has 3 aromatic rings. The summed E-state index contributed by atoms with van der Waals surface area (Å²) in [5.41, 5.74) is 1.55. The highest BCUT2D eigenvalue weighted by Crippen LogP contribution is 2.29. The number of hydrogen-bond acceptors (Lipinski definition) is 8. The zero-order valence-corrected chi connectivity index (χ0v) is 19.8. The first-order chi connectivity index (χ1) is 16.8. The average Bonchev–Trinajstić information content (AvgIpc) is 2.84. The number of nitro benzene ring substituents is 1. The first-order valence-corrected chi connectivity index (χ1v) is 11.4. The fraction of sp³-hybridized carbons (Fsp3) is 0.320. The van der Waals surface area contributed by atoms with Gasteiger partial charge in [-0.1, -0.05) is 6.07 Å². The molecule has 2 aromatic heterocycles. The van der Waals surface area contributed by atoms with E-state index in [4.69, 9.17) is 4.74 Å². The van der Waals surface area contributed by atoms with E-state index in [0.717, 1.165) is 24.6 Å². The second kappa shape index (κ2) is 10.5. The van der Waals surface area contributed by atoms with Crippen LogP contribution in [0.15, 0.2) is 60.9 Å². The Morgan fingerprint density at radius 3 is 2.54 bits per heavy atom. The highest BCUT2D eigenvalue weighted by molar-refractivity contribution is 6.05. The molecule has 0 radical (unpaired) electrons. The number of nitrogens with one attached hydrogen (secondary N) is 2. The quantitative estimate of drug-likeness (QED) is 0.379. The van der Waals surface area contributed by atoms with Gasteiger partial charge in [-0.2, -0.15) is 0 Å². The van der Waals surface area contributed by atoms with Gasteiger partial charge in [0.1, 0.15) is 11.5 Å². The van der Waals surface area contributed by atoms with E-state index in [1.807, 2.05) is 39.0 Å². The average molecular weight is 477 g/mol. The summed E-state index contributed by atoms with van der Waals surface area (Å²) in [6.45, 7) is 7.40. The molecule has 0 spiro atoms. The number of anilines is 3. The van der Waals surface area contributed by atoms with Crippen LogP contribution in [0.4, 0.5) is 22.9 Å². The van der Waals surface area contributed by atoms with Crippen molar-refractivity contribution in [1.29, 1.82) is 0 Å². The number of pyridine rings is 2. The van der Waals surface area contributed by atoms with Crippen molar-refractivity contribution in [3.8, 4) is 0 Å². The van der Waals surface area contributed by atoms with Crippen LogP contribution in [-0.2, 0) is 4.74 Å². The zero-order valence-electron chi connectivity index (χ0n) is 19.8. The molecule has 0 bridgehead atoms. The van der Waals surface area contributed by atoms with E-state index in [-0.39, 0.29) is 29.5 Å². The molecule has 1 aliphatic heterocycles. The van der Waals surface area contributed by atoms with E-state index < -0.39 is 10.8 Å². The number of amides is 1. The Balaban J connectivity index is 1.45. The number of ether oxygens (including phenoxy) is 1. The topological polar surface area (TPSA) is 123 Å². The molecule has 3 heterocycles. The van der Waals surface area contributed by atoms with Crippen LogP contribution in [0.2, 0.25) is 0 Å². The normalized spacial score (nSPS) is 18.5. The number of nitro groups is 1. The molecule has 1 amide bonds. The van der Waals surface area contributed by atoms with Crippen molar-refractivity contribution in [3.05, 3.63) is 82.3 Å². The number of rotatable bonds is 7. The zero-order chi connectivity index (χ0) is 24.9. The number of carbonyl (C=O) groups is 1. The molecule has 182 valence electrons. The maximum absolute atomic E-state index is 12.8. The third-order valence-electron chi connectivity index (χ3n) is 5.71. The maximum Gasteiger partial charge on any atom is 0.293 e. The summed E-state index contributed by atoms with van der Waals surface area (Å²) in [6, 6.07) is 13.2. The molecule has 1 aromatic carbocycles. The molecule has 1 saturated heterocycles. The van der Waals surface area contributed by atoms with Gasteiger partial charge in [0.05, 0.1) is 40.8 Å². The maximum atomic E-state index is 12.8. The molecular formula is C25H28N6O4. The van der Waals surface area contributed by atoms with E-state index in [1.54, 1.807) is 30.6 Å². The minimum absolute atomic E-state index is 0.111. The molecular weight excluding hydrogens is 448 g/mol. The lowest BCUT2D eigenvalue weighted by atomic mass is 10.1. The summed E-state index contributed by atoms with van der Waals surface area (Å²) in [7, 11) is 0. The van der Waals surface area contributed by atoms with Gasteiger partial charge in [0.25, 0.3) is 11.6 Å². The van der Waals surface area contributed by atoms with E-state index in [0.29, 0.717) is 11.4 Å². The molecule has 3 atom stereocenters. The minimum Gasteiger partial charge on any atom is -0.372 e. The lowest BCUT2D eigenvalue weighted by molar-refractivity contribution is -0.384. The molecule has 3 unspecified atom stereocenters. The Morgan fingerprint density at radius 2 is 1.91 bits per heavy atom. The van der Waals surface area contributed by atoms with E-state index in [9.17, 15) is 14.9 Å². The Bertz CT molecular complexity index is 1180. The van der Waals surface area contributed by atoms with Crippen LogP contribution >= 0.6 is 0 Å². The second-order valence-electron chi connectivity index (χ2n) is 8.63. The molecule has 10 nitrogen and oxygen atoms in total. The SMILES string of the molecule is CC1CN(c2ccc(NC(=O)c3ccc(NC(C)c4ccccn4)c([N+](=O)[O-])c3)cn2)CC(C)O1. The standard InChI is InChI=1S/C25H28N6O4/c1-16-14-30(15-17(2)35-16)24-10-8-20(13-27-24)29-25(32)19-7-9-22(23(12-19)31(33)34)28-18(3)21-6-4-5-11-26-21/h4-13,16-18,28H,14-15H2,1-3H3,(H,29,32). The Morgan fingerprint density at radius 1 is 1.14 bits per heavy atom. The van der Waals surface area contributed by atoms with Gasteiger partial charge < -0.3 is 20.3 Å². The molecule has 35 heavy (non-hydrogen) atoms. The van der Waals surface area contributed by atoms with E-state index >= 15 is 0 Å². The number of aromatic nitrogens is 2. The summed E-state index contributed by atoms with van der Waals surface area (Å²) < 4.78 is 5.76. The molecule has 0 saturated carbocycles. The van der Waals surface area contributed by atoms with Crippen LogP contribution < -0.4 is 15.5 Å². The monoisotopic (exact) mass is 476 g/mol. The van der Waals surface area contributed by atoms with Gasteiger partial charge >= 0.3 is 0 Å². The Labute approximate surface area is 203 Å². The summed E-state index contributed by atoms with van der Waals surface area (Å²) in [6.07, 6.45) is 3.47. The highest BCUT2D eigenvalue weighted by Gasteiger charge is 2.23. The predicted octanol–water partition coefficient (Wildman–Crippen LogP) is 4.42. The van der Waals surface area contributed by atoms with Gasteiger partial charge in [-0.3, -0.25) is 19.9 Å². The van der Waals surface area contributed by atoms with Gasteiger partial charge in [0.15, 0.2) is 0 Å². The van der Waals surface area contributed by atoms with Crippen molar-refractivity contribution >= 4 is 28.8 Å². The second-order valence-corrected chi connectivity index (χ2v) is 8.63. The van der Waals surface area contributed by atoms with Gasteiger partial charge in [-0.15, -0.1) is 0 Å². The van der Waals surface area contributed by atoms with Crippen LogP contribution in [0.1, 0.15) is 42.9 Å². The Hall–Kier alpha value is -4.05. The predicted molar refractivity (Wildman–Crippen MR) is 134 cm³/mol. The summed E-state index contributed by atoms with van der Waals surface area (Å²) >= 11 is 0. The third kappa shape index (κ3) is 5.90. The van der Waals surface area contributed by atoms with Crippen molar-refractivity contribution in [2.75, 3.05) is 28.6 Å². The first kappa shape index (κ1) is 24.1. The van der Waals surface area contributed by atoms with Crippen LogP contribution in [0.5, 0.6) is 0 Å². The Kier molecular flexibility index (Phi) is 7.21. The molecule has 1 fully saturated rings. The number of hydrogen-bond donors (Lipinski definition) is 2. The van der Waals surface area contributed by atoms with Crippen molar-refractivity contribution in [2.45, 2.75) is 39.0 Å². The van der Waals surface area contributed by atoms with Gasteiger partial charge in [-0.25, -0.2) is 4.98 Å². The molecule has 2 N–H and O–H groups in total. The first-order valence-electron chi connectivity index (χ1n) is 11.4. The summed E-state index contributed by atoms with van der Waals surface area (Å²) in [5.74, 6) is 0.346. The van der Waals surface area contributed by atoms with E-state index in [2.05, 4.69) is 25.5 Å². The van der Waals surface area contributed by atoms with Crippen molar-refractivity contribution in [1.82, 2.24) is 9.97 Å². The molecule has 4 rings (SSSR count). The third-order valence-corrected chi connectivity index (χ3v) is 5.71. The number of morpholine rings is 1. The molecule has 10 heteroatoms. The molecule has 0 aliphatic carbocycles. The number of nitrogens with zero attached hydrogens (tertiary/aromatic N) is 4. The highest BCUT2D eigenvalue weighted by atomic mass is 16.6. The number of benzene rings is 1. The van der Waals surface area contributed by atoms with Crippen LogP contribution in [0, 0.1) is 10.1 Å². The van der Waals surface area contributed by atoms with Gasteiger partial charge in [-0.05, 0) is 57.2 Å². The number of carbonyl (C=O) groups excluding carboxylic acids is 1.